The average molecular weight is 530 g/mol. The number of anilines is 1. The van der Waals surface area contributed by atoms with Gasteiger partial charge in [0.2, 0.25) is 0 Å². The average Bonchev–Trinajstić information content (AvgIpc) is 3.45. The summed E-state index contributed by atoms with van der Waals surface area (Å²) in [6.07, 6.45) is 1.84. The van der Waals surface area contributed by atoms with E-state index in [1.54, 1.807) is 5.38 Å². The topological polar surface area (TPSA) is 164 Å². The van der Waals surface area contributed by atoms with Gasteiger partial charge in [-0.2, -0.15) is 4.57 Å². The molecule has 3 aromatic heterocycles. The normalized spacial score (nSPS) is 19.8. The van der Waals surface area contributed by atoms with Crippen LogP contribution in [0.2, 0.25) is 0 Å². The molecular weight excluding hydrogens is 508 g/mol. The molecule has 3 aromatic rings. The van der Waals surface area contributed by atoms with Crippen LogP contribution in [0.3, 0.4) is 0 Å². The fourth-order valence-electron chi connectivity index (χ4n) is 4.23. The van der Waals surface area contributed by atoms with Gasteiger partial charge in [-0.3, -0.25) is 14.5 Å². The summed E-state index contributed by atoms with van der Waals surface area (Å²) in [7, 11) is 1.28. The van der Waals surface area contributed by atoms with Gasteiger partial charge in [-0.05, 0) is 13.0 Å². The Labute approximate surface area is 212 Å². The van der Waals surface area contributed by atoms with Gasteiger partial charge in [0.05, 0.1) is 6.07 Å². The number of oxime groups is 1. The molecule has 0 saturated carbocycles. The summed E-state index contributed by atoms with van der Waals surface area (Å²) in [5, 5.41) is 17.6. The van der Waals surface area contributed by atoms with Crippen LogP contribution in [0.15, 0.2) is 50.6 Å². The molecule has 0 radical (unpaired) electrons. The quantitative estimate of drug-likeness (QED) is 0.174. The number of amides is 2. The fraction of sp³-hybridized carbons (Fsp3) is 0.273. The molecule has 36 heavy (non-hydrogen) atoms. The Morgan fingerprint density at radius 2 is 2.28 bits per heavy atom. The number of thiazole rings is 1. The minimum Gasteiger partial charge on any atom is -0.477 e. The van der Waals surface area contributed by atoms with E-state index in [-0.39, 0.29) is 28.8 Å². The first kappa shape index (κ1) is 23.8. The Morgan fingerprint density at radius 3 is 2.97 bits per heavy atom. The molecule has 4 N–H and O–H groups in total. The zero-order valence-corrected chi connectivity index (χ0v) is 20.8. The maximum Gasteiger partial charge on any atom is 0.352 e. The molecule has 0 bridgehead atoms. The van der Waals surface area contributed by atoms with Crippen molar-refractivity contribution in [2.45, 2.75) is 24.9 Å². The molecule has 12 nitrogen and oxygen atoms in total. The van der Waals surface area contributed by atoms with Gasteiger partial charge < -0.3 is 25.4 Å². The number of carboxylic acid groups (broad SMARTS) is 1. The van der Waals surface area contributed by atoms with Crippen molar-refractivity contribution in [3.05, 3.63) is 52.5 Å². The van der Waals surface area contributed by atoms with E-state index in [1.165, 1.54) is 23.8 Å². The van der Waals surface area contributed by atoms with Gasteiger partial charge >= 0.3 is 5.97 Å². The molecule has 1 unspecified atom stereocenters. The van der Waals surface area contributed by atoms with E-state index in [0.29, 0.717) is 16.9 Å². The van der Waals surface area contributed by atoms with E-state index in [0.717, 1.165) is 22.6 Å². The Balaban J connectivity index is 1.38. The van der Waals surface area contributed by atoms with E-state index in [4.69, 9.17) is 15.0 Å². The number of aryl methyl sites for hydroxylation is 1. The SMILES string of the molecule is CON=C(C(=O)NC1C(=O)N2C(C(=O)O)=C(C[n+]3cccc4oc(C)cc43)CS[C@@H]12)c1csc(N)n1. The van der Waals surface area contributed by atoms with Crippen LogP contribution < -0.4 is 15.6 Å². The summed E-state index contributed by atoms with van der Waals surface area (Å²) >= 11 is 2.51. The van der Waals surface area contributed by atoms with Crippen LogP contribution in [0.5, 0.6) is 0 Å². The molecule has 2 atom stereocenters. The highest BCUT2D eigenvalue weighted by Crippen LogP contribution is 2.40. The maximum absolute atomic E-state index is 13.1. The number of hydrogen-bond acceptors (Lipinski definition) is 10. The first-order valence-corrected chi connectivity index (χ1v) is 12.6. The van der Waals surface area contributed by atoms with Crippen molar-refractivity contribution >= 4 is 62.8 Å². The number of nitrogens with one attached hydrogen (secondary N) is 1. The van der Waals surface area contributed by atoms with Crippen molar-refractivity contribution in [3.8, 4) is 0 Å². The van der Waals surface area contributed by atoms with E-state index in [1.807, 2.05) is 35.9 Å². The van der Waals surface area contributed by atoms with Crippen LogP contribution in [-0.4, -0.2) is 62.8 Å². The third-order valence-electron chi connectivity index (χ3n) is 5.75. The first-order chi connectivity index (χ1) is 17.3. The molecule has 0 aliphatic carbocycles. The van der Waals surface area contributed by atoms with Gasteiger partial charge in [0.15, 0.2) is 29.2 Å². The predicted octanol–water partition coefficient (Wildman–Crippen LogP) is 0.857. The number of aliphatic carboxylic acids is 1. The first-order valence-electron chi connectivity index (χ1n) is 10.7. The zero-order valence-electron chi connectivity index (χ0n) is 19.1. The van der Waals surface area contributed by atoms with Crippen LogP contribution >= 0.6 is 23.1 Å². The molecule has 1 saturated heterocycles. The molecule has 2 aliphatic heterocycles. The van der Waals surface area contributed by atoms with Gasteiger partial charge in [0.25, 0.3) is 17.3 Å². The number of furan rings is 1. The third-order valence-corrected chi connectivity index (χ3v) is 7.76. The Hall–Kier alpha value is -3.91. The van der Waals surface area contributed by atoms with Crippen LogP contribution in [0, 0.1) is 6.92 Å². The third kappa shape index (κ3) is 4.07. The summed E-state index contributed by atoms with van der Waals surface area (Å²) in [6.45, 7) is 2.11. The molecule has 5 heterocycles. The number of nitrogens with zero attached hydrogens (tertiary/aromatic N) is 4. The number of nitrogen functional groups attached to an aromatic ring is 1. The van der Waals surface area contributed by atoms with Gasteiger partial charge in [0.1, 0.15) is 35.7 Å². The molecule has 2 amide bonds. The highest BCUT2D eigenvalue weighted by molar-refractivity contribution is 8.00. The van der Waals surface area contributed by atoms with Gasteiger partial charge in [0, 0.05) is 22.8 Å². The van der Waals surface area contributed by atoms with Gasteiger partial charge in [-0.1, -0.05) is 5.16 Å². The largest absolute Gasteiger partial charge is 0.477 e. The van der Waals surface area contributed by atoms with Crippen molar-refractivity contribution in [2.75, 3.05) is 18.6 Å². The van der Waals surface area contributed by atoms with Crippen LogP contribution in [0.1, 0.15) is 11.5 Å². The second kappa shape index (κ2) is 9.28. The lowest BCUT2D eigenvalue weighted by molar-refractivity contribution is -0.663. The van der Waals surface area contributed by atoms with E-state index >= 15 is 0 Å². The molecule has 186 valence electrons. The number of β-lactam (4-membered cyclic amide) rings is 1. The van der Waals surface area contributed by atoms with E-state index in [2.05, 4.69) is 15.5 Å². The maximum atomic E-state index is 13.1. The summed E-state index contributed by atoms with van der Waals surface area (Å²) in [5.74, 6) is -1.30. The number of carbonyl (C=O) groups is 3. The van der Waals surface area contributed by atoms with Crippen molar-refractivity contribution in [2.24, 2.45) is 5.16 Å². The number of aromatic nitrogens is 2. The lowest BCUT2D eigenvalue weighted by Gasteiger charge is -2.49. The highest BCUT2D eigenvalue weighted by Gasteiger charge is 2.54. The van der Waals surface area contributed by atoms with Crippen molar-refractivity contribution in [1.82, 2.24) is 15.2 Å². The van der Waals surface area contributed by atoms with Gasteiger partial charge in [-0.25, -0.2) is 9.78 Å². The zero-order chi connectivity index (χ0) is 25.6. The molecule has 2 aliphatic rings. The minimum atomic E-state index is -1.20. The molecule has 5 rings (SSSR count). The van der Waals surface area contributed by atoms with Crippen molar-refractivity contribution in [1.29, 1.82) is 0 Å². The van der Waals surface area contributed by atoms with Crippen LogP contribution in [0.25, 0.3) is 11.1 Å². The van der Waals surface area contributed by atoms with Gasteiger partial charge in [-0.15, -0.1) is 23.1 Å². The predicted molar refractivity (Wildman–Crippen MR) is 131 cm³/mol. The number of hydrogen-bond donors (Lipinski definition) is 3. The Kier molecular flexibility index (Phi) is 6.14. The number of fused-ring (bicyclic) bond motifs is 2. The highest BCUT2D eigenvalue weighted by atomic mass is 32.2. The lowest BCUT2D eigenvalue weighted by atomic mass is 10.0. The smallest absolute Gasteiger partial charge is 0.352 e. The molecule has 14 heteroatoms. The second-order valence-electron chi connectivity index (χ2n) is 8.05. The monoisotopic (exact) mass is 529 g/mol. The summed E-state index contributed by atoms with van der Waals surface area (Å²) in [4.78, 5) is 48.2. The van der Waals surface area contributed by atoms with Crippen molar-refractivity contribution in [3.63, 3.8) is 0 Å². The number of thioether (sulfide) groups is 1. The summed E-state index contributed by atoms with van der Waals surface area (Å²) < 4.78 is 7.56. The van der Waals surface area contributed by atoms with Crippen LogP contribution in [-0.2, 0) is 25.8 Å². The van der Waals surface area contributed by atoms with E-state index < -0.39 is 29.2 Å². The van der Waals surface area contributed by atoms with E-state index in [9.17, 15) is 19.5 Å². The molecule has 1 fully saturated rings. The summed E-state index contributed by atoms with van der Waals surface area (Å²) in [6, 6.07) is 4.61. The molecule has 0 aromatic carbocycles. The minimum absolute atomic E-state index is 0.0722. The number of nitrogens with two attached hydrogens (primary N) is 1. The second-order valence-corrected chi connectivity index (χ2v) is 10.0. The summed E-state index contributed by atoms with van der Waals surface area (Å²) in [5.41, 5.74) is 7.76. The standard InChI is InChI=1S/C22H20N6O6S2/c1-10-6-13-14(34-10)4-3-5-27(13)7-11-8-35-20-16(19(30)28(20)17(11)21(31)32)25-18(29)15(26-33-2)12-9-36-22(23)24-12/h3-6,9,16,20H,7-8H2,1-2H3,(H3-,23,24,25,29,31,32)/p+1/t16?,20-/m0/s1. The molecular formula is C22H21N6O6S2+. The lowest BCUT2D eigenvalue weighted by Crippen LogP contribution is -2.71. The Bertz CT molecular complexity index is 1460. The fourth-order valence-corrected chi connectivity index (χ4v) is 6.11. The van der Waals surface area contributed by atoms with Crippen molar-refractivity contribution < 1.29 is 33.3 Å². The number of carbonyl (C=O) groups excluding carboxylic acids is 2. The van der Waals surface area contributed by atoms with Crippen LogP contribution in [0.4, 0.5) is 5.13 Å². The Morgan fingerprint density at radius 1 is 1.47 bits per heavy atom. The molecule has 0 spiro atoms. The number of carboxylic acids is 1. The number of pyridine rings is 1. The number of rotatable bonds is 7.